The van der Waals surface area contributed by atoms with E-state index in [1.807, 2.05) is 6.92 Å². The minimum absolute atomic E-state index is 0.0125. The fraction of sp³-hybridized carbons (Fsp3) is 0.353. The molecule has 0 amide bonds. The topological polar surface area (TPSA) is 88.4 Å². The molecule has 1 rings (SSSR count). The maximum atomic E-state index is 12.1. The molecule has 0 saturated heterocycles. The van der Waals surface area contributed by atoms with E-state index in [1.54, 1.807) is 19.9 Å². The van der Waals surface area contributed by atoms with Crippen molar-refractivity contribution in [2.75, 3.05) is 11.9 Å². The number of nitriles is 1. The molecule has 0 heterocycles. The quantitative estimate of drug-likeness (QED) is 0.427. The highest BCUT2D eigenvalue weighted by Gasteiger charge is 2.19. The van der Waals surface area contributed by atoms with E-state index in [4.69, 9.17) is 37.9 Å². The number of halogens is 2. The van der Waals surface area contributed by atoms with Crippen LogP contribution >= 0.6 is 23.2 Å². The summed E-state index contributed by atoms with van der Waals surface area (Å²) in [4.78, 5) is 23.8. The number of ether oxygens (including phenoxy) is 2. The van der Waals surface area contributed by atoms with Crippen LogP contribution in [0.2, 0.25) is 10.0 Å². The Morgan fingerprint density at radius 2 is 2.04 bits per heavy atom. The van der Waals surface area contributed by atoms with Crippen LogP contribution in [0.3, 0.4) is 0 Å². The Balaban J connectivity index is 3.07. The highest BCUT2D eigenvalue weighted by atomic mass is 35.5. The van der Waals surface area contributed by atoms with Crippen LogP contribution < -0.4 is 5.32 Å². The van der Waals surface area contributed by atoms with Crippen LogP contribution in [0.15, 0.2) is 23.9 Å². The van der Waals surface area contributed by atoms with Crippen molar-refractivity contribution in [1.82, 2.24) is 0 Å². The van der Waals surface area contributed by atoms with Crippen LogP contribution in [-0.2, 0) is 14.3 Å². The van der Waals surface area contributed by atoms with E-state index in [9.17, 15) is 9.59 Å². The van der Waals surface area contributed by atoms with Crippen LogP contribution in [-0.4, -0.2) is 24.6 Å². The fourth-order valence-electron chi connectivity index (χ4n) is 1.68. The highest BCUT2D eigenvalue weighted by molar-refractivity contribution is 6.41. The van der Waals surface area contributed by atoms with Gasteiger partial charge in [0.1, 0.15) is 6.07 Å². The predicted molar refractivity (Wildman–Crippen MR) is 95.6 cm³/mol. The number of carbonyl (C=O) groups is 2. The number of hydrogen-bond acceptors (Lipinski definition) is 6. The zero-order valence-electron chi connectivity index (χ0n) is 14.1. The van der Waals surface area contributed by atoms with E-state index in [1.165, 1.54) is 12.1 Å². The van der Waals surface area contributed by atoms with E-state index in [0.717, 1.165) is 6.20 Å². The maximum Gasteiger partial charge on any atom is 0.350 e. The van der Waals surface area contributed by atoms with Gasteiger partial charge in [-0.15, -0.1) is 0 Å². The number of carbonyl (C=O) groups excluding carboxylic acids is 2. The van der Waals surface area contributed by atoms with E-state index >= 15 is 0 Å². The number of hydrogen-bond donors (Lipinski definition) is 1. The van der Waals surface area contributed by atoms with Crippen LogP contribution in [0.4, 0.5) is 5.69 Å². The standard InChI is InChI=1S/C17H18Cl2N2O4/c1-4-7-24-17(23)14-12(18)5-6-13(15(14)19)21-9-11(8-20)16(22)25-10(2)3/h5-6,9-10,21H,4,7H2,1-3H3. The third kappa shape index (κ3) is 5.96. The minimum atomic E-state index is -0.766. The number of anilines is 1. The first-order chi connectivity index (χ1) is 11.8. The Labute approximate surface area is 156 Å². The van der Waals surface area contributed by atoms with Crippen LogP contribution in [0.5, 0.6) is 0 Å². The minimum Gasteiger partial charge on any atom is -0.462 e. The molecule has 0 aromatic heterocycles. The zero-order chi connectivity index (χ0) is 19.0. The number of esters is 2. The SMILES string of the molecule is CCCOC(=O)c1c(Cl)ccc(NC=C(C#N)C(=O)OC(C)C)c1Cl. The van der Waals surface area contributed by atoms with Gasteiger partial charge in [-0.2, -0.15) is 5.26 Å². The third-order valence-electron chi connectivity index (χ3n) is 2.79. The number of nitrogens with zero attached hydrogens (tertiary/aromatic N) is 1. The molecule has 0 aliphatic heterocycles. The summed E-state index contributed by atoms with van der Waals surface area (Å²) in [6, 6.07) is 4.71. The maximum absolute atomic E-state index is 12.1. The van der Waals surface area contributed by atoms with Crippen LogP contribution in [0.1, 0.15) is 37.6 Å². The van der Waals surface area contributed by atoms with Gasteiger partial charge in [0.25, 0.3) is 0 Å². The molecule has 1 aromatic carbocycles. The van der Waals surface area contributed by atoms with Gasteiger partial charge < -0.3 is 14.8 Å². The number of nitrogens with one attached hydrogen (secondary N) is 1. The van der Waals surface area contributed by atoms with E-state index in [2.05, 4.69) is 5.32 Å². The Morgan fingerprint density at radius 1 is 1.36 bits per heavy atom. The first-order valence-electron chi connectivity index (χ1n) is 7.54. The van der Waals surface area contributed by atoms with E-state index in [-0.39, 0.29) is 33.9 Å². The first-order valence-corrected chi connectivity index (χ1v) is 8.30. The number of rotatable bonds is 7. The van der Waals surface area contributed by atoms with Crippen molar-refractivity contribution in [2.45, 2.75) is 33.3 Å². The summed E-state index contributed by atoms with van der Waals surface area (Å²) in [6.45, 7) is 5.44. The van der Waals surface area contributed by atoms with Crippen LogP contribution in [0.25, 0.3) is 0 Å². The summed E-state index contributed by atoms with van der Waals surface area (Å²) in [5.74, 6) is -1.41. The van der Waals surface area contributed by atoms with Gasteiger partial charge in [-0.05, 0) is 32.4 Å². The molecule has 0 bridgehead atoms. The third-order valence-corrected chi connectivity index (χ3v) is 3.50. The fourth-order valence-corrected chi connectivity index (χ4v) is 2.26. The summed E-state index contributed by atoms with van der Waals surface area (Å²) in [5, 5.41) is 11.9. The summed E-state index contributed by atoms with van der Waals surface area (Å²) in [6.07, 6.45) is 1.45. The lowest BCUT2D eigenvalue weighted by atomic mass is 10.2. The molecular formula is C17H18Cl2N2O4. The second-order valence-corrected chi connectivity index (χ2v) is 5.97. The average molecular weight is 385 g/mol. The monoisotopic (exact) mass is 384 g/mol. The molecule has 6 nitrogen and oxygen atoms in total. The molecule has 0 aliphatic carbocycles. The number of benzene rings is 1. The first kappa shape index (κ1) is 20.8. The van der Waals surface area contributed by atoms with Gasteiger partial charge in [-0.25, -0.2) is 9.59 Å². The van der Waals surface area contributed by atoms with Crippen molar-refractivity contribution in [3.8, 4) is 6.07 Å². The van der Waals surface area contributed by atoms with Gasteiger partial charge >= 0.3 is 11.9 Å². The van der Waals surface area contributed by atoms with Gasteiger partial charge in [0.2, 0.25) is 0 Å². The summed E-state index contributed by atoms with van der Waals surface area (Å²) in [5.41, 5.74) is 0.0629. The molecule has 0 unspecified atom stereocenters. The molecule has 0 radical (unpaired) electrons. The van der Waals surface area contributed by atoms with Gasteiger partial charge in [-0.1, -0.05) is 30.1 Å². The lowest BCUT2D eigenvalue weighted by Crippen LogP contribution is -2.14. The molecule has 1 aromatic rings. The lowest BCUT2D eigenvalue weighted by molar-refractivity contribution is -0.142. The van der Waals surface area contributed by atoms with Gasteiger partial charge in [0, 0.05) is 6.20 Å². The van der Waals surface area contributed by atoms with Crippen molar-refractivity contribution < 1.29 is 19.1 Å². The van der Waals surface area contributed by atoms with Crippen molar-refractivity contribution >= 4 is 40.8 Å². The summed E-state index contributed by atoms with van der Waals surface area (Å²) < 4.78 is 9.99. The lowest BCUT2D eigenvalue weighted by Gasteiger charge is -2.11. The Morgan fingerprint density at radius 3 is 2.60 bits per heavy atom. The molecule has 0 aliphatic rings. The molecule has 0 fully saturated rings. The van der Waals surface area contributed by atoms with Crippen LogP contribution in [0, 0.1) is 11.3 Å². The second-order valence-electron chi connectivity index (χ2n) is 5.19. The Hall–Kier alpha value is -2.23. The summed E-state index contributed by atoms with van der Waals surface area (Å²) in [7, 11) is 0. The molecule has 1 N–H and O–H groups in total. The smallest absolute Gasteiger partial charge is 0.350 e. The second kappa shape index (κ2) is 9.92. The highest BCUT2D eigenvalue weighted by Crippen LogP contribution is 2.32. The molecular weight excluding hydrogens is 367 g/mol. The van der Waals surface area contributed by atoms with Crippen molar-refractivity contribution in [3.05, 3.63) is 39.5 Å². The molecule has 0 spiro atoms. The largest absolute Gasteiger partial charge is 0.462 e. The van der Waals surface area contributed by atoms with E-state index in [0.29, 0.717) is 12.1 Å². The molecule has 25 heavy (non-hydrogen) atoms. The Kier molecular flexibility index (Phi) is 8.26. The molecule has 8 heteroatoms. The Bertz CT molecular complexity index is 724. The zero-order valence-corrected chi connectivity index (χ0v) is 15.6. The normalized spacial score (nSPS) is 11.0. The van der Waals surface area contributed by atoms with Crippen molar-refractivity contribution in [3.63, 3.8) is 0 Å². The van der Waals surface area contributed by atoms with Gasteiger partial charge in [0.05, 0.1) is 34.0 Å². The van der Waals surface area contributed by atoms with Crippen molar-refractivity contribution in [1.29, 1.82) is 5.26 Å². The van der Waals surface area contributed by atoms with Gasteiger partial charge in [-0.3, -0.25) is 0 Å². The van der Waals surface area contributed by atoms with Gasteiger partial charge in [0.15, 0.2) is 5.57 Å². The summed E-state index contributed by atoms with van der Waals surface area (Å²) >= 11 is 12.2. The van der Waals surface area contributed by atoms with E-state index < -0.39 is 11.9 Å². The average Bonchev–Trinajstić information content (AvgIpc) is 2.54. The van der Waals surface area contributed by atoms with Crippen molar-refractivity contribution in [2.24, 2.45) is 0 Å². The molecule has 0 atom stereocenters. The molecule has 0 saturated carbocycles. The predicted octanol–water partition coefficient (Wildman–Crippen LogP) is 4.33. The molecule has 134 valence electrons.